The molecule has 142 valence electrons. The largest absolute Gasteiger partial charge is 0.345 e. The molecule has 0 aliphatic rings. The number of benzene rings is 2. The molecule has 0 atom stereocenters. The molecule has 1 amide bonds. The molecule has 3 rings (SSSR count). The number of nitrogens with one attached hydrogen (secondary N) is 1. The number of rotatable bonds is 6. The van der Waals surface area contributed by atoms with Crippen LogP contribution in [0.5, 0.6) is 0 Å². The van der Waals surface area contributed by atoms with E-state index in [-0.39, 0.29) is 24.3 Å². The van der Waals surface area contributed by atoms with Crippen LogP contribution in [0.3, 0.4) is 0 Å². The first kappa shape index (κ1) is 19.1. The standard InChI is InChI=1S/C20H15F2N3O3/c21-16-9-15(10-17(22)11-16)18-4-5-19(27)25(24-18)12-13-2-1-3-14(8-13)20(28)23-6-7-26/h1-5,7-11H,6,12H2,(H,23,28). The summed E-state index contributed by atoms with van der Waals surface area (Å²) < 4.78 is 28.0. The molecule has 2 aromatic carbocycles. The van der Waals surface area contributed by atoms with E-state index < -0.39 is 23.1 Å². The molecule has 3 aromatic rings. The highest BCUT2D eigenvalue weighted by molar-refractivity contribution is 5.95. The van der Waals surface area contributed by atoms with Crippen molar-refractivity contribution >= 4 is 12.2 Å². The maximum absolute atomic E-state index is 13.5. The third-order valence-electron chi connectivity index (χ3n) is 3.89. The zero-order valence-electron chi connectivity index (χ0n) is 14.6. The van der Waals surface area contributed by atoms with Gasteiger partial charge in [0.05, 0.1) is 18.8 Å². The van der Waals surface area contributed by atoms with Crippen LogP contribution in [0, 0.1) is 11.6 Å². The normalized spacial score (nSPS) is 10.5. The monoisotopic (exact) mass is 383 g/mol. The maximum Gasteiger partial charge on any atom is 0.267 e. The second-order valence-corrected chi connectivity index (χ2v) is 5.95. The summed E-state index contributed by atoms with van der Waals surface area (Å²) in [6, 6.07) is 12.1. The van der Waals surface area contributed by atoms with Gasteiger partial charge in [0, 0.05) is 23.3 Å². The molecular weight excluding hydrogens is 368 g/mol. The Balaban J connectivity index is 1.90. The Morgan fingerprint density at radius 2 is 1.82 bits per heavy atom. The van der Waals surface area contributed by atoms with Gasteiger partial charge in [0.25, 0.3) is 11.5 Å². The maximum atomic E-state index is 13.5. The average Bonchev–Trinajstić information content (AvgIpc) is 2.67. The number of carbonyl (C=O) groups is 2. The Labute approximate surface area is 158 Å². The minimum Gasteiger partial charge on any atom is -0.345 e. The van der Waals surface area contributed by atoms with Crippen molar-refractivity contribution in [3.05, 3.63) is 87.7 Å². The predicted octanol–water partition coefficient (Wildman–Crippen LogP) is 2.17. The minimum atomic E-state index is -0.747. The van der Waals surface area contributed by atoms with Crippen LogP contribution in [-0.2, 0) is 11.3 Å². The van der Waals surface area contributed by atoms with Gasteiger partial charge in [-0.3, -0.25) is 9.59 Å². The van der Waals surface area contributed by atoms with Crippen LogP contribution in [0.15, 0.2) is 59.4 Å². The molecule has 0 spiro atoms. The van der Waals surface area contributed by atoms with Crippen LogP contribution in [0.4, 0.5) is 8.78 Å². The lowest BCUT2D eigenvalue weighted by molar-refractivity contribution is -0.107. The zero-order valence-corrected chi connectivity index (χ0v) is 14.6. The molecule has 0 saturated carbocycles. The molecule has 8 heteroatoms. The van der Waals surface area contributed by atoms with Crippen molar-refractivity contribution in [2.75, 3.05) is 6.54 Å². The van der Waals surface area contributed by atoms with E-state index in [2.05, 4.69) is 10.4 Å². The highest BCUT2D eigenvalue weighted by Gasteiger charge is 2.09. The molecule has 6 nitrogen and oxygen atoms in total. The van der Waals surface area contributed by atoms with Crippen molar-refractivity contribution in [1.29, 1.82) is 0 Å². The van der Waals surface area contributed by atoms with Crippen LogP contribution >= 0.6 is 0 Å². The first-order valence-electron chi connectivity index (χ1n) is 8.31. The lowest BCUT2D eigenvalue weighted by atomic mass is 10.1. The Morgan fingerprint density at radius 3 is 2.54 bits per heavy atom. The molecule has 0 fully saturated rings. The number of aldehydes is 1. The SMILES string of the molecule is O=CCNC(=O)c1cccc(Cn2nc(-c3cc(F)cc(F)c3)ccc2=O)c1. The second kappa shape index (κ2) is 8.34. The first-order valence-corrected chi connectivity index (χ1v) is 8.31. The van der Waals surface area contributed by atoms with Crippen LogP contribution < -0.4 is 10.9 Å². The lowest BCUT2D eigenvalue weighted by Gasteiger charge is -2.09. The van der Waals surface area contributed by atoms with Crippen molar-refractivity contribution in [3.63, 3.8) is 0 Å². The third-order valence-corrected chi connectivity index (χ3v) is 3.89. The number of hydrogen-bond acceptors (Lipinski definition) is 4. The Bertz CT molecular complexity index is 1080. The lowest BCUT2D eigenvalue weighted by Crippen LogP contribution is -2.26. The highest BCUT2D eigenvalue weighted by atomic mass is 19.1. The van der Waals surface area contributed by atoms with Gasteiger partial charge in [-0.2, -0.15) is 5.10 Å². The summed E-state index contributed by atoms with van der Waals surface area (Å²) in [6.45, 7) is -0.0460. The molecular formula is C20H15F2N3O3. The zero-order chi connectivity index (χ0) is 20.1. The molecule has 0 aliphatic heterocycles. The van der Waals surface area contributed by atoms with Gasteiger partial charge in [0.2, 0.25) is 0 Å². The van der Waals surface area contributed by atoms with E-state index in [1.807, 2.05) is 0 Å². The van der Waals surface area contributed by atoms with Gasteiger partial charge in [0.1, 0.15) is 17.9 Å². The Hall–Kier alpha value is -3.68. The van der Waals surface area contributed by atoms with E-state index >= 15 is 0 Å². The van der Waals surface area contributed by atoms with E-state index in [0.29, 0.717) is 17.4 Å². The second-order valence-electron chi connectivity index (χ2n) is 5.95. The third kappa shape index (κ3) is 4.53. The molecule has 1 heterocycles. The minimum absolute atomic E-state index is 0.0548. The summed E-state index contributed by atoms with van der Waals surface area (Å²) >= 11 is 0. The smallest absolute Gasteiger partial charge is 0.267 e. The number of hydrogen-bond donors (Lipinski definition) is 1. The van der Waals surface area contributed by atoms with Crippen molar-refractivity contribution in [2.45, 2.75) is 6.54 Å². The van der Waals surface area contributed by atoms with E-state index in [4.69, 9.17) is 0 Å². The predicted molar refractivity (Wildman–Crippen MR) is 97.8 cm³/mol. The topological polar surface area (TPSA) is 81.1 Å². The molecule has 1 N–H and O–H groups in total. The van der Waals surface area contributed by atoms with Crippen molar-refractivity contribution in [1.82, 2.24) is 15.1 Å². The fraction of sp³-hybridized carbons (Fsp3) is 0.100. The highest BCUT2D eigenvalue weighted by Crippen LogP contribution is 2.18. The van der Waals surface area contributed by atoms with Gasteiger partial charge in [-0.05, 0) is 35.9 Å². The van der Waals surface area contributed by atoms with Gasteiger partial charge in [-0.25, -0.2) is 13.5 Å². The molecule has 0 saturated heterocycles. The van der Waals surface area contributed by atoms with Crippen LogP contribution in [0.2, 0.25) is 0 Å². The summed E-state index contributed by atoms with van der Waals surface area (Å²) in [5.74, 6) is -1.91. The number of amides is 1. The Kier molecular flexibility index (Phi) is 5.69. The molecule has 0 aliphatic carbocycles. The molecule has 0 bridgehead atoms. The van der Waals surface area contributed by atoms with Crippen molar-refractivity contribution in [2.24, 2.45) is 0 Å². The summed E-state index contributed by atoms with van der Waals surface area (Å²) in [5, 5.41) is 6.60. The summed E-state index contributed by atoms with van der Waals surface area (Å²) in [6.07, 6.45) is 0.575. The van der Waals surface area contributed by atoms with E-state index in [1.54, 1.807) is 24.3 Å². The van der Waals surface area contributed by atoms with Crippen LogP contribution in [0.25, 0.3) is 11.3 Å². The quantitative estimate of drug-likeness (QED) is 0.662. The number of nitrogens with zero attached hydrogens (tertiary/aromatic N) is 2. The van der Waals surface area contributed by atoms with Gasteiger partial charge in [0.15, 0.2) is 0 Å². The molecule has 0 radical (unpaired) electrons. The number of halogens is 2. The van der Waals surface area contributed by atoms with Gasteiger partial charge < -0.3 is 10.1 Å². The fourth-order valence-corrected chi connectivity index (χ4v) is 2.64. The van der Waals surface area contributed by atoms with Crippen molar-refractivity contribution < 1.29 is 18.4 Å². The van der Waals surface area contributed by atoms with Gasteiger partial charge in [-0.1, -0.05) is 12.1 Å². The average molecular weight is 383 g/mol. The fourth-order valence-electron chi connectivity index (χ4n) is 2.64. The number of aromatic nitrogens is 2. The van der Waals surface area contributed by atoms with Crippen LogP contribution in [-0.4, -0.2) is 28.5 Å². The van der Waals surface area contributed by atoms with E-state index in [9.17, 15) is 23.2 Å². The molecule has 1 aromatic heterocycles. The summed E-state index contributed by atoms with van der Waals surface area (Å²) in [5.41, 5.74) is 0.981. The van der Waals surface area contributed by atoms with E-state index in [1.165, 1.54) is 12.1 Å². The number of carbonyl (C=O) groups excluding carboxylic acids is 2. The first-order chi connectivity index (χ1) is 13.5. The van der Waals surface area contributed by atoms with E-state index in [0.717, 1.165) is 22.9 Å². The van der Waals surface area contributed by atoms with Crippen LogP contribution in [0.1, 0.15) is 15.9 Å². The van der Waals surface area contributed by atoms with Gasteiger partial charge >= 0.3 is 0 Å². The summed E-state index contributed by atoms with van der Waals surface area (Å²) in [7, 11) is 0. The van der Waals surface area contributed by atoms with Crippen molar-refractivity contribution in [3.8, 4) is 11.3 Å². The summed E-state index contributed by atoms with van der Waals surface area (Å²) in [4.78, 5) is 34.5. The molecule has 28 heavy (non-hydrogen) atoms. The molecule has 0 unspecified atom stereocenters. The Morgan fingerprint density at radius 1 is 1.07 bits per heavy atom. The van der Waals surface area contributed by atoms with Gasteiger partial charge in [-0.15, -0.1) is 0 Å².